The molecule has 0 atom stereocenters. The zero-order valence-corrected chi connectivity index (χ0v) is 10.1. The summed E-state index contributed by atoms with van der Waals surface area (Å²) in [5.41, 5.74) is 1.15. The topological polar surface area (TPSA) is 70.2 Å². The maximum absolute atomic E-state index is 11.9. The van der Waals surface area contributed by atoms with Gasteiger partial charge >= 0.3 is 5.97 Å². The third-order valence-corrected chi connectivity index (χ3v) is 2.72. The van der Waals surface area contributed by atoms with Crippen molar-refractivity contribution < 1.29 is 14.7 Å². The molecule has 0 amide bonds. The van der Waals surface area contributed by atoms with E-state index in [1.807, 2.05) is 0 Å². The van der Waals surface area contributed by atoms with Crippen LogP contribution in [0.5, 0.6) is 0 Å². The standard InChI is InChI=1S/C13H10ClNO3/c14-10-3-1-2-8(4-10)5-12(16)9-6-11(13(17)18)15-7-9/h1-4,6-7,15H,5H2,(H,17,18). The summed E-state index contributed by atoms with van der Waals surface area (Å²) < 4.78 is 0. The van der Waals surface area contributed by atoms with E-state index in [0.29, 0.717) is 10.6 Å². The van der Waals surface area contributed by atoms with Crippen LogP contribution >= 0.6 is 11.6 Å². The normalized spacial score (nSPS) is 10.3. The van der Waals surface area contributed by atoms with Crippen LogP contribution in [0.1, 0.15) is 26.4 Å². The molecule has 0 bridgehead atoms. The first-order valence-electron chi connectivity index (χ1n) is 5.25. The van der Waals surface area contributed by atoms with Crippen LogP contribution in [0.3, 0.4) is 0 Å². The third kappa shape index (κ3) is 2.78. The van der Waals surface area contributed by atoms with Gasteiger partial charge in [-0.2, -0.15) is 0 Å². The number of carboxylic acid groups (broad SMARTS) is 1. The van der Waals surface area contributed by atoms with Gasteiger partial charge in [-0.05, 0) is 23.8 Å². The Hall–Kier alpha value is -2.07. The van der Waals surface area contributed by atoms with Crippen molar-refractivity contribution in [3.05, 3.63) is 58.4 Å². The van der Waals surface area contributed by atoms with Crippen molar-refractivity contribution in [3.63, 3.8) is 0 Å². The highest BCUT2D eigenvalue weighted by molar-refractivity contribution is 6.30. The van der Waals surface area contributed by atoms with E-state index >= 15 is 0 Å². The number of halogens is 1. The van der Waals surface area contributed by atoms with E-state index in [1.54, 1.807) is 24.3 Å². The van der Waals surface area contributed by atoms with Gasteiger partial charge in [0.1, 0.15) is 5.69 Å². The smallest absolute Gasteiger partial charge is 0.352 e. The van der Waals surface area contributed by atoms with Crippen molar-refractivity contribution in [1.29, 1.82) is 0 Å². The third-order valence-electron chi connectivity index (χ3n) is 2.49. The van der Waals surface area contributed by atoms with Gasteiger partial charge in [0, 0.05) is 23.2 Å². The van der Waals surface area contributed by atoms with Crippen LogP contribution in [0.2, 0.25) is 5.02 Å². The SMILES string of the molecule is O=C(Cc1cccc(Cl)c1)c1c[nH]c(C(=O)O)c1. The molecule has 1 aromatic heterocycles. The Kier molecular flexibility index (Phi) is 3.48. The minimum Gasteiger partial charge on any atom is -0.477 e. The van der Waals surface area contributed by atoms with Crippen LogP contribution in [-0.4, -0.2) is 21.8 Å². The van der Waals surface area contributed by atoms with Crippen molar-refractivity contribution >= 4 is 23.4 Å². The van der Waals surface area contributed by atoms with Crippen molar-refractivity contribution in [2.45, 2.75) is 6.42 Å². The number of carbonyl (C=O) groups is 2. The van der Waals surface area contributed by atoms with Crippen LogP contribution in [0, 0.1) is 0 Å². The fraction of sp³-hybridized carbons (Fsp3) is 0.0769. The van der Waals surface area contributed by atoms with Crippen LogP contribution in [0.25, 0.3) is 0 Å². The van der Waals surface area contributed by atoms with Gasteiger partial charge in [-0.3, -0.25) is 4.79 Å². The summed E-state index contributed by atoms with van der Waals surface area (Å²) in [5.74, 6) is -1.24. The summed E-state index contributed by atoms with van der Waals surface area (Å²) in [4.78, 5) is 25.1. The molecule has 5 heteroatoms. The first-order valence-corrected chi connectivity index (χ1v) is 5.63. The van der Waals surface area contributed by atoms with Crippen LogP contribution < -0.4 is 0 Å². The Morgan fingerprint density at radius 2 is 2.06 bits per heavy atom. The van der Waals surface area contributed by atoms with E-state index in [1.165, 1.54) is 12.3 Å². The van der Waals surface area contributed by atoms with E-state index < -0.39 is 5.97 Å². The molecular formula is C13H10ClNO3. The van der Waals surface area contributed by atoms with E-state index in [9.17, 15) is 9.59 Å². The number of rotatable bonds is 4. The molecule has 2 N–H and O–H groups in total. The van der Waals surface area contributed by atoms with Crippen molar-refractivity contribution in [2.24, 2.45) is 0 Å². The number of hydrogen-bond donors (Lipinski definition) is 2. The predicted molar refractivity (Wildman–Crippen MR) is 67.2 cm³/mol. The average Bonchev–Trinajstić information content (AvgIpc) is 2.78. The lowest BCUT2D eigenvalue weighted by molar-refractivity contribution is 0.0691. The molecule has 0 saturated carbocycles. The lowest BCUT2D eigenvalue weighted by Crippen LogP contribution is -2.02. The molecular weight excluding hydrogens is 254 g/mol. The Morgan fingerprint density at radius 1 is 1.28 bits per heavy atom. The summed E-state index contributed by atoms with van der Waals surface area (Å²) in [5, 5.41) is 9.32. The number of hydrogen-bond acceptors (Lipinski definition) is 2. The first kappa shape index (κ1) is 12.4. The van der Waals surface area contributed by atoms with Gasteiger partial charge in [0.2, 0.25) is 0 Å². The van der Waals surface area contributed by atoms with Gasteiger partial charge in [0.05, 0.1) is 0 Å². The molecule has 0 spiro atoms. The zero-order chi connectivity index (χ0) is 13.1. The van der Waals surface area contributed by atoms with Gasteiger partial charge in [-0.15, -0.1) is 0 Å². The van der Waals surface area contributed by atoms with Crippen molar-refractivity contribution in [1.82, 2.24) is 4.98 Å². The number of aromatic nitrogens is 1. The fourth-order valence-corrected chi connectivity index (χ4v) is 1.83. The second-order valence-corrected chi connectivity index (χ2v) is 4.27. The van der Waals surface area contributed by atoms with Crippen LogP contribution in [-0.2, 0) is 6.42 Å². The largest absolute Gasteiger partial charge is 0.477 e. The fourth-order valence-electron chi connectivity index (χ4n) is 1.61. The molecule has 0 aliphatic heterocycles. The number of carbonyl (C=O) groups excluding carboxylic acids is 1. The predicted octanol–water partition coefficient (Wildman–Crippen LogP) is 2.79. The molecule has 0 radical (unpaired) electrons. The number of Topliss-reactive ketones (excluding diaryl/α,β-unsaturated/α-hetero) is 1. The molecule has 2 rings (SSSR count). The molecule has 0 fully saturated rings. The molecule has 1 heterocycles. The molecule has 2 aromatic rings. The number of carboxylic acids is 1. The van der Waals surface area contributed by atoms with Crippen molar-refractivity contribution in [3.8, 4) is 0 Å². The zero-order valence-electron chi connectivity index (χ0n) is 9.31. The maximum Gasteiger partial charge on any atom is 0.352 e. The Balaban J connectivity index is 2.14. The van der Waals surface area contributed by atoms with Gasteiger partial charge in [0.15, 0.2) is 5.78 Å². The molecule has 18 heavy (non-hydrogen) atoms. The minimum absolute atomic E-state index is 0.00411. The molecule has 0 unspecified atom stereocenters. The van der Waals surface area contributed by atoms with Gasteiger partial charge in [-0.25, -0.2) is 4.79 Å². The van der Waals surface area contributed by atoms with E-state index in [0.717, 1.165) is 5.56 Å². The Morgan fingerprint density at radius 3 is 2.67 bits per heavy atom. The van der Waals surface area contributed by atoms with E-state index in [4.69, 9.17) is 16.7 Å². The summed E-state index contributed by atoms with van der Waals surface area (Å²) in [6.07, 6.45) is 1.59. The Labute approximate surface area is 108 Å². The summed E-state index contributed by atoms with van der Waals surface area (Å²) >= 11 is 5.82. The van der Waals surface area contributed by atoms with Crippen LogP contribution in [0.4, 0.5) is 0 Å². The van der Waals surface area contributed by atoms with Crippen molar-refractivity contribution in [2.75, 3.05) is 0 Å². The molecule has 4 nitrogen and oxygen atoms in total. The van der Waals surface area contributed by atoms with Gasteiger partial charge < -0.3 is 10.1 Å². The second-order valence-electron chi connectivity index (χ2n) is 3.84. The molecule has 92 valence electrons. The monoisotopic (exact) mass is 263 g/mol. The molecule has 0 saturated heterocycles. The minimum atomic E-state index is -1.09. The summed E-state index contributed by atoms with van der Waals surface area (Å²) in [7, 11) is 0. The number of ketones is 1. The lowest BCUT2D eigenvalue weighted by Gasteiger charge is -1.99. The molecule has 0 aliphatic carbocycles. The summed E-state index contributed by atoms with van der Waals surface area (Å²) in [6, 6.07) is 8.34. The summed E-state index contributed by atoms with van der Waals surface area (Å²) in [6.45, 7) is 0. The Bertz CT molecular complexity index is 604. The lowest BCUT2D eigenvalue weighted by atomic mass is 10.1. The van der Waals surface area contributed by atoms with E-state index in [-0.39, 0.29) is 17.9 Å². The van der Waals surface area contributed by atoms with Gasteiger partial charge in [0.25, 0.3) is 0 Å². The quantitative estimate of drug-likeness (QED) is 0.834. The highest BCUT2D eigenvalue weighted by Crippen LogP contribution is 2.14. The maximum atomic E-state index is 11.9. The number of H-pyrrole nitrogens is 1. The highest BCUT2D eigenvalue weighted by Gasteiger charge is 2.12. The van der Waals surface area contributed by atoms with E-state index in [2.05, 4.69) is 4.98 Å². The molecule has 1 aromatic carbocycles. The number of nitrogens with one attached hydrogen (secondary N) is 1. The average molecular weight is 264 g/mol. The first-order chi connectivity index (χ1) is 8.56. The number of benzene rings is 1. The number of aromatic carboxylic acids is 1. The highest BCUT2D eigenvalue weighted by atomic mass is 35.5. The molecule has 0 aliphatic rings. The van der Waals surface area contributed by atoms with Gasteiger partial charge in [-0.1, -0.05) is 23.7 Å². The number of aromatic amines is 1. The van der Waals surface area contributed by atoms with Crippen LogP contribution in [0.15, 0.2) is 36.5 Å². The second kappa shape index (κ2) is 5.06.